The maximum atomic E-state index is 6.20. The van der Waals surface area contributed by atoms with Crippen molar-refractivity contribution in [3.63, 3.8) is 0 Å². The summed E-state index contributed by atoms with van der Waals surface area (Å²) in [5.41, 5.74) is 8.96. The predicted octanol–water partition coefficient (Wildman–Crippen LogP) is 3.60. The number of aromatic nitrogens is 1. The van der Waals surface area contributed by atoms with Crippen LogP contribution in [0.2, 0.25) is 0 Å². The molecule has 0 radical (unpaired) electrons. The van der Waals surface area contributed by atoms with Gasteiger partial charge in [0.05, 0.1) is 0 Å². The number of hydrogen-bond acceptors (Lipinski definition) is 2. The van der Waals surface area contributed by atoms with Crippen molar-refractivity contribution in [1.29, 1.82) is 0 Å². The van der Waals surface area contributed by atoms with Crippen LogP contribution < -0.4 is 5.73 Å². The van der Waals surface area contributed by atoms with E-state index in [-0.39, 0.29) is 6.04 Å². The van der Waals surface area contributed by atoms with E-state index >= 15 is 0 Å². The third-order valence-corrected chi connectivity index (χ3v) is 3.60. The summed E-state index contributed by atoms with van der Waals surface area (Å²) in [6, 6.07) is 2.32. The molecule has 0 saturated carbocycles. The maximum absolute atomic E-state index is 6.20. The first-order chi connectivity index (χ1) is 8.24. The molecule has 0 bridgehead atoms. The second-order valence-corrected chi connectivity index (χ2v) is 5.70. The summed E-state index contributed by atoms with van der Waals surface area (Å²) in [4.78, 5) is 4.17. The van der Waals surface area contributed by atoms with Gasteiger partial charge in [0.15, 0.2) is 0 Å². The van der Waals surface area contributed by atoms with E-state index in [1.165, 1.54) is 31.2 Å². The first kappa shape index (κ1) is 12.8. The molecule has 0 aliphatic heterocycles. The monoisotopic (exact) mass is 294 g/mol. The Morgan fingerprint density at radius 3 is 2.88 bits per heavy atom. The Kier molecular flexibility index (Phi) is 4.75. The van der Waals surface area contributed by atoms with Crippen molar-refractivity contribution in [2.24, 2.45) is 5.73 Å². The van der Waals surface area contributed by atoms with Crippen LogP contribution in [0.25, 0.3) is 0 Å². The second-order valence-electron chi connectivity index (χ2n) is 4.79. The smallest absolute Gasteiger partial charge is 0.0410 e. The summed E-state index contributed by atoms with van der Waals surface area (Å²) < 4.78 is 1.03. The molecule has 1 aliphatic carbocycles. The molecule has 2 nitrogen and oxygen atoms in total. The zero-order valence-corrected chi connectivity index (χ0v) is 11.6. The molecule has 0 spiro atoms. The van der Waals surface area contributed by atoms with E-state index in [0.29, 0.717) is 0 Å². The van der Waals surface area contributed by atoms with Crippen molar-refractivity contribution in [3.8, 4) is 0 Å². The Morgan fingerprint density at radius 1 is 1.29 bits per heavy atom. The first-order valence-corrected chi connectivity index (χ1v) is 7.06. The molecule has 92 valence electrons. The van der Waals surface area contributed by atoms with Gasteiger partial charge in [-0.15, -0.1) is 0 Å². The topological polar surface area (TPSA) is 38.9 Å². The van der Waals surface area contributed by atoms with Gasteiger partial charge < -0.3 is 5.73 Å². The number of halogens is 1. The highest BCUT2D eigenvalue weighted by atomic mass is 79.9. The Balaban J connectivity index is 1.88. The van der Waals surface area contributed by atoms with Gasteiger partial charge in [0.2, 0.25) is 0 Å². The number of rotatable bonds is 4. The molecule has 0 saturated heterocycles. The molecular weight excluding hydrogens is 276 g/mol. The van der Waals surface area contributed by atoms with Gasteiger partial charge in [-0.1, -0.05) is 11.6 Å². The van der Waals surface area contributed by atoms with Crippen LogP contribution >= 0.6 is 15.9 Å². The minimum atomic E-state index is 0.218. The Labute approximate surface area is 111 Å². The predicted molar refractivity (Wildman–Crippen MR) is 74.8 cm³/mol. The van der Waals surface area contributed by atoms with Gasteiger partial charge in [-0.2, -0.15) is 0 Å². The van der Waals surface area contributed by atoms with E-state index < -0.39 is 0 Å². The highest BCUT2D eigenvalue weighted by Crippen LogP contribution is 2.22. The minimum absolute atomic E-state index is 0.218. The standard InChI is InChI=1S/C14H19BrN2/c15-13-6-12(9-17-10-13)8-14(16)7-11-4-2-1-3-5-11/h4,6,9-10,14H,1-3,5,7-8,16H2. The van der Waals surface area contributed by atoms with Crippen LogP contribution in [-0.4, -0.2) is 11.0 Å². The van der Waals surface area contributed by atoms with Crippen LogP contribution in [0.5, 0.6) is 0 Å². The van der Waals surface area contributed by atoms with Gasteiger partial charge in [-0.25, -0.2) is 0 Å². The van der Waals surface area contributed by atoms with Gasteiger partial charge in [0.25, 0.3) is 0 Å². The molecule has 2 N–H and O–H groups in total. The molecule has 1 aromatic rings. The lowest BCUT2D eigenvalue weighted by atomic mass is 9.92. The highest BCUT2D eigenvalue weighted by molar-refractivity contribution is 9.10. The first-order valence-electron chi connectivity index (χ1n) is 6.27. The third-order valence-electron chi connectivity index (χ3n) is 3.17. The summed E-state index contributed by atoms with van der Waals surface area (Å²) in [6.45, 7) is 0. The van der Waals surface area contributed by atoms with E-state index in [0.717, 1.165) is 17.3 Å². The van der Waals surface area contributed by atoms with Crippen LogP contribution in [0.1, 0.15) is 37.7 Å². The molecule has 0 aromatic carbocycles. The van der Waals surface area contributed by atoms with Gasteiger partial charge in [-0.3, -0.25) is 4.98 Å². The summed E-state index contributed by atoms with van der Waals surface area (Å²) in [6.07, 6.45) is 13.2. The number of allylic oxidation sites excluding steroid dienone is 1. The summed E-state index contributed by atoms with van der Waals surface area (Å²) in [5.74, 6) is 0. The van der Waals surface area contributed by atoms with Crippen LogP contribution in [0, 0.1) is 0 Å². The van der Waals surface area contributed by atoms with Crippen LogP contribution in [0.15, 0.2) is 34.6 Å². The fourth-order valence-electron chi connectivity index (χ4n) is 2.37. The van der Waals surface area contributed by atoms with Crippen LogP contribution in [-0.2, 0) is 6.42 Å². The third kappa shape index (κ3) is 4.25. The van der Waals surface area contributed by atoms with E-state index in [1.54, 1.807) is 11.8 Å². The molecule has 1 aromatic heterocycles. The molecule has 1 unspecified atom stereocenters. The Bertz CT molecular complexity index is 401. The van der Waals surface area contributed by atoms with E-state index in [2.05, 4.69) is 33.1 Å². The number of nitrogens with two attached hydrogens (primary N) is 1. The fraction of sp³-hybridized carbons (Fsp3) is 0.500. The van der Waals surface area contributed by atoms with Crippen LogP contribution in [0.4, 0.5) is 0 Å². The van der Waals surface area contributed by atoms with Crippen LogP contribution in [0.3, 0.4) is 0 Å². The van der Waals surface area contributed by atoms with Gasteiger partial charge in [-0.05, 0) is 66.1 Å². The normalized spacial score (nSPS) is 17.6. The number of hydrogen-bond donors (Lipinski definition) is 1. The van der Waals surface area contributed by atoms with Crippen molar-refractivity contribution >= 4 is 15.9 Å². The Morgan fingerprint density at radius 2 is 2.18 bits per heavy atom. The molecule has 0 amide bonds. The summed E-state index contributed by atoms with van der Waals surface area (Å²) in [7, 11) is 0. The minimum Gasteiger partial charge on any atom is -0.327 e. The van der Waals surface area contributed by atoms with Gasteiger partial charge in [0, 0.05) is 22.9 Å². The molecule has 17 heavy (non-hydrogen) atoms. The van der Waals surface area contributed by atoms with Crippen molar-refractivity contribution in [3.05, 3.63) is 40.1 Å². The zero-order chi connectivity index (χ0) is 12.1. The molecule has 1 heterocycles. The average molecular weight is 295 g/mol. The Hall–Kier alpha value is -0.670. The number of pyridine rings is 1. The second kappa shape index (κ2) is 6.31. The van der Waals surface area contributed by atoms with E-state index in [1.807, 2.05) is 6.20 Å². The zero-order valence-electron chi connectivity index (χ0n) is 10.0. The molecular formula is C14H19BrN2. The lowest BCUT2D eigenvalue weighted by molar-refractivity contribution is 0.605. The van der Waals surface area contributed by atoms with Gasteiger partial charge in [0.1, 0.15) is 0 Å². The molecule has 0 fully saturated rings. The van der Waals surface area contributed by atoms with Crippen molar-refractivity contribution < 1.29 is 0 Å². The molecule has 1 aliphatic rings. The van der Waals surface area contributed by atoms with Crippen molar-refractivity contribution in [2.75, 3.05) is 0 Å². The molecule has 2 rings (SSSR count). The largest absolute Gasteiger partial charge is 0.327 e. The van der Waals surface area contributed by atoms with E-state index in [9.17, 15) is 0 Å². The SMILES string of the molecule is NC(CC1=CCCCC1)Cc1cncc(Br)c1. The summed E-state index contributed by atoms with van der Waals surface area (Å²) >= 11 is 3.44. The van der Waals surface area contributed by atoms with Crippen molar-refractivity contribution in [1.82, 2.24) is 4.98 Å². The quantitative estimate of drug-likeness (QED) is 0.862. The lowest BCUT2D eigenvalue weighted by Gasteiger charge is -2.17. The molecule has 1 atom stereocenters. The number of nitrogens with zero attached hydrogens (tertiary/aromatic N) is 1. The molecule has 3 heteroatoms. The lowest BCUT2D eigenvalue weighted by Crippen LogP contribution is -2.23. The summed E-state index contributed by atoms with van der Waals surface area (Å²) in [5, 5.41) is 0. The van der Waals surface area contributed by atoms with E-state index in [4.69, 9.17) is 5.73 Å². The van der Waals surface area contributed by atoms with Gasteiger partial charge >= 0.3 is 0 Å². The average Bonchev–Trinajstić information content (AvgIpc) is 2.30. The van der Waals surface area contributed by atoms with Crippen molar-refractivity contribution in [2.45, 2.75) is 44.6 Å². The highest BCUT2D eigenvalue weighted by Gasteiger charge is 2.10. The fourth-order valence-corrected chi connectivity index (χ4v) is 2.78. The maximum Gasteiger partial charge on any atom is 0.0410 e.